The van der Waals surface area contributed by atoms with Crippen LogP contribution in [0.5, 0.6) is 5.75 Å². The quantitative estimate of drug-likeness (QED) is 0.275. The number of ether oxygens (including phenoxy) is 1. The van der Waals surface area contributed by atoms with Gasteiger partial charge in [0.15, 0.2) is 17.1 Å². The summed E-state index contributed by atoms with van der Waals surface area (Å²) in [5.41, 5.74) is 1.70. The summed E-state index contributed by atoms with van der Waals surface area (Å²) < 4.78 is 5.38. The van der Waals surface area contributed by atoms with E-state index < -0.39 is 36.2 Å². The van der Waals surface area contributed by atoms with Gasteiger partial charge in [-0.3, -0.25) is 14.5 Å². The van der Waals surface area contributed by atoms with E-state index in [1.54, 1.807) is 36.6 Å². The number of amides is 3. The fraction of sp³-hybridized carbons (Fsp3) is 0.333. The van der Waals surface area contributed by atoms with Crippen LogP contribution in [0.25, 0.3) is 0 Å². The van der Waals surface area contributed by atoms with Crippen LogP contribution in [0.1, 0.15) is 53.8 Å². The minimum absolute atomic E-state index is 0.117. The second kappa shape index (κ2) is 12.2. The zero-order chi connectivity index (χ0) is 27.2. The van der Waals surface area contributed by atoms with Gasteiger partial charge in [-0.1, -0.05) is 56.3 Å². The number of nitrogens with one attached hydrogen (secondary N) is 2. The molecule has 1 aromatic heterocycles. The lowest BCUT2D eigenvalue weighted by Gasteiger charge is -2.33. The van der Waals surface area contributed by atoms with Gasteiger partial charge in [0.1, 0.15) is 30.1 Å². The second-order valence-corrected chi connectivity index (χ2v) is 9.70. The minimum atomic E-state index is -1.35. The molecule has 0 spiro atoms. The summed E-state index contributed by atoms with van der Waals surface area (Å²) in [6.45, 7) is 3.58. The molecule has 2 heterocycles. The standard InChI is InChI=1S/C27H30N4O6S/c1-3-21(33)20-15-38-26(28-20)30-24(34)23(16(2)17-7-5-4-6-8-17)31-25(35)22(29-27(31)36)18-9-11-19(12-10-18)37-14-13-32/h4-12,15-16,22-23,25,32,35H,3,13-14H2,1-2H3,(H,29,36)(H,28,30,34)/t16-,22+,23-,25?/m0/s1. The fourth-order valence-corrected chi connectivity index (χ4v) is 5.11. The van der Waals surface area contributed by atoms with Crippen LogP contribution in [-0.4, -0.2) is 63.3 Å². The molecule has 0 aliphatic carbocycles. The number of urea groups is 1. The molecular weight excluding hydrogens is 508 g/mol. The number of hydrogen-bond acceptors (Lipinski definition) is 8. The smallest absolute Gasteiger partial charge is 0.320 e. The van der Waals surface area contributed by atoms with Gasteiger partial charge in [0.05, 0.1) is 6.61 Å². The number of rotatable bonds is 11. The molecule has 1 fully saturated rings. The number of benzene rings is 2. The number of aliphatic hydroxyl groups is 2. The molecular formula is C27H30N4O6S. The molecule has 38 heavy (non-hydrogen) atoms. The van der Waals surface area contributed by atoms with Crippen LogP contribution in [0, 0.1) is 0 Å². The lowest BCUT2D eigenvalue weighted by atomic mass is 9.91. The first-order valence-electron chi connectivity index (χ1n) is 12.3. The summed E-state index contributed by atoms with van der Waals surface area (Å²) in [5.74, 6) is -0.617. The number of nitrogens with zero attached hydrogens (tertiary/aromatic N) is 2. The molecule has 4 rings (SSSR count). The van der Waals surface area contributed by atoms with E-state index in [4.69, 9.17) is 9.84 Å². The van der Waals surface area contributed by atoms with Crippen LogP contribution in [0.15, 0.2) is 60.0 Å². The van der Waals surface area contributed by atoms with Gasteiger partial charge in [0.25, 0.3) is 0 Å². The third kappa shape index (κ3) is 5.85. The van der Waals surface area contributed by atoms with Gasteiger partial charge < -0.3 is 25.6 Å². The van der Waals surface area contributed by atoms with Crippen molar-refractivity contribution in [1.29, 1.82) is 0 Å². The Hall–Kier alpha value is -3.80. The Morgan fingerprint density at radius 3 is 2.55 bits per heavy atom. The van der Waals surface area contributed by atoms with Crippen LogP contribution in [0.3, 0.4) is 0 Å². The summed E-state index contributed by atoms with van der Waals surface area (Å²) in [5, 5.41) is 27.6. The van der Waals surface area contributed by atoms with Crippen LogP contribution in [0.4, 0.5) is 9.93 Å². The molecule has 3 aromatic rings. The van der Waals surface area contributed by atoms with E-state index in [1.165, 1.54) is 0 Å². The topological polar surface area (TPSA) is 141 Å². The lowest BCUT2D eigenvalue weighted by Crippen LogP contribution is -2.52. The third-order valence-electron chi connectivity index (χ3n) is 6.40. The normalized spacial score (nSPS) is 18.5. The summed E-state index contributed by atoms with van der Waals surface area (Å²) in [4.78, 5) is 44.2. The Kier molecular flexibility index (Phi) is 8.72. The molecule has 3 amide bonds. The first-order valence-corrected chi connectivity index (χ1v) is 13.2. The van der Waals surface area contributed by atoms with E-state index in [2.05, 4.69) is 15.6 Å². The highest BCUT2D eigenvalue weighted by atomic mass is 32.1. The maximum absolute atomic E-state index is 13.6. The van der Waals surface area contributed by atoms with Crippen LogP contribution in [-0.2, 0) is 4.79 Å². The average Bonchev–Trinajstić information content (AvgIpc) is 3.52. The zero-order valence-electron chi connectivity index (χ0n) is 21.0. The maximum atomic E-state index is 13.6. The summed E-state index contributed by atoms with van der Waals surface area (Å²) in [6.07, 6.45) is -1.05. The van der Waals surface area contributed by atoms with Crippen molar-refractivity contribution in [3.63, 3.8) is 0 Å². The van der Waals surface area contributed by atoms with Crippen molar-refractivity contribution in [2.45, 2.75) is 44.5 Å². The number of ketones is 1. The van der Waals surface area contributed by atoms with Crippen molar-refractivity contribution >= 4 is 34.2 Å². The van der Waals surface area contributed by atoms with Gasteiger partial charge in [0.2, 0.25) is 5.91 Å². The molecule has 1 unspecified atom stereocenters. The van der Waals surface area contributed by atoms with Gasteiger partial charge in [-0.05, 0) is 23.3 Å². The van der Waals surface area contributed by atoms with E-state index in [0.717, 1.165) is 21.8 Å². The number of aliphatic hydroxyl groups excluding tert-OH is 2. The van der Waals surface area contributed by atoms with Crippen molar-refractivity contribution in [1.82, 2.24) is 15.2 Å². The van der Waals surface area contributed by atoms with E-state index in [9.17, 15) is 19.5 Å². The Bertz CT molecular complexity index is 1270. The number of carbonyl (C=O) groups excluding carboxylic acids is 3. The summed E-state index contributed by atoms with van der Waals surface area (Å²) in [7, 11) is 0. The summed E-state index contributed by atoms with van der Waals surface area (Å²) >= 11 is 1.12. The van der Waals surface area contributed by atoms with Crippen molar-refractivity contribution in [3.05, 3.63) is 76.8 Å². The molecule has 4 N–H and O–H groups in total. The number of aromatic nitrogens is 1. The van der Waals surface area contributed by atoms with E-state index in [1.807, 2.05) is 37.3 Å². The molecule has 2 aromatic carbocycles. The van der Waals surface area contributed by atoms with Crippen molar-refractivity contribution in [3.8, 4) is 5.75 Å². The monoisotopic (exact) mass is 538 g/mol. The Morgan fingerprint density at radius 2 is 1.89 bits per heavy atom. The molecule has 4 atom stereocenters. The molecule has 0 bridgehead atoms. The second-order valence-electron chi connectivity index (χ2n) is 8.84. The Balaban J connectivity index is 1.61. The predicted molar refractivity (Wildman–Crippen MR) is 142 cm³/mol. The minimum Gasteiger partial charge on any atom is -0.491 e. The Labute approximate surface area is 224 Å². The molecule has 200 valence electrons. The van der Waals surface area contributed by atoms with E-state index in [0.29, 0.717) is 17.7 Å². The number of Topliss-reactive ketones (excluding diaryl/α,β-unsaturated/α-hetero) is 1. The van der Waals surface area contributed by atoms with Gasteiger partial charge >= 0.3 is 6.03 Å². The van der Waals surface area contributed by atoms with Gasteiger partial charge in [-0.15, -0.1) is 11.3 Å². The predicted octanol–water partition coefficient (Wildman–Crippen LogP) is 3.30. The van der Waals surface area contributed by atoms with Crippen molar-refractivity contribution in [2.24, 2.45) is 0 Å². The highest BCUT2D eigenvalue weighted by Gasteiger charge is 2.47. The largest absolute Gasteiger partial charge is 0.491 e. The van der Waals surface area contributed by atoms with Crippen molar-refractivity contribution < 1.29 is 29.3 Å². The number of hydrogen-bond donors (Lipinski definition) is 4. The molecule has 10 nitrogen and oxygen atoms in total. The molecule has 1 saturated heterocycles. The van der Waals surface area contributed by atoms with Gasteiger partial charge in [-0.2, -0.15) is 0 Å². The van der Waals surface area contributed by atoms with E-state index in [-0.39, 0.29) is 29.8 Å². The highest BCUT2D eigenvalue weighted by Crippen LogP contribution is 2.34. The maximum Gasteiger partial charge on any atom is 0.320 e. The van der Waals surface area contributed by atoms with Crippen LogP contribution in [0.2, 0.25) is 0 Å². The number of carbonyl (C=O) groups is 3. The zero-order valence-corrected chi connectivity index (χ0v) is 21.9. The molecule has 0 saturated carbocycles. The van der Waals surface area contributed by atoms with Crippen LogP contribution < -0.4 is 15.4 Å². The fourth-order valence-electron chi connectivity index (χ4n) is 4.40. The third-order valence-corrected chi connectivity index (χ3v) is 7.16. The average molecular weight is 539 g/mol. The Morgan fingerprint density at radius 1 is 1.18 bits per heavy atom. The number of anilines is 1. The van der Waals surface area contributed by atoms with Gasteiger partial charge in [-0.25, -0.2) is 9.78 Å². The lowest BCUT2D eigenvalue weighted by molar-refractivity contribution is -0.124. The van der Waals surface area contributed by atoms with Crippen molar-refractivity contribution in [2.75, 3.05) is 18.5 Å². The molecule has 11 heteroatoms. The first-order chi connectivity index (χ1) is 18.3. The SMILES string of the molecule is CCC(=O)c1csc(NC(=O)[C@H]([C@@H](C)c2ccccc2)N2C(=O)N[C@H](c3ccc(OCCO)cc3)C2O)n1. The molecule has 1 aliphatic heterocycles. The van der Waals surface area contributed by atoms with Crippen LogP contribution >= 0.6 is 11.3 Å². The highest BCUT2D eigenvalue weighted by molar-refractivity contribution is 7.14. The molecule has 0 radical (unpaired) electrons. The van der Waals surface area contributed by atoms with Gasteiger partial charge in [0, 0.05) is 17.7 Å². The first kappa shape index (κ1) is 27.2. The van der Waals surface area contributed by atoms with E-state index >= 15 is 0 Å². The summed E-state index contributed by atoms with van der Waals surface area (Å²) in [6, 6.07) is 13.6. The molecule has 1 aliphatic rings. The number of thiazole rings is 1.